The number of methoxy groups -OCH3 is 1. The number of aryl methyl sites for hydroxylation is 1. The van der Waals surface area contributed by atoms with Gasteiger partial charge < -0.3 is 14.4 Å². The highest BCUT2D eigenvalue weighted by atomic mass is 16.6. The fourth-order valence-electron chi connectivity index (χ4n) is 2.64. The second kappa shape index (κ2) is 6.50. The summed E-state index contributed by atoms with van der Waals surface area (Å²) in [5.74, 6) is 0.193. The Hall–Kier alpha value is -1.85. The van der Waals surface area contributed by atoms with Gasteiger partial charge in [-0.25, -0.2) is 9.78 Å². The summed E-state index contributed by atoms with van der Waals surface area (Å²) in [7, 11) is 1.56. The monoisotopic (exact) mass is 307 g/mol. The number of likely N-dealkylation sites (tertiary alicyclic amines) is 1. The van der Waals surface area contributed by atoms with Gasteiger partial charge in [0.2, 0.25) is 0 Å². The summed E-state index contributed by atoms with van der Waals surface area (Å²) in [5, 5.41) is 0. The first kappa shape index (κ1) is 16.5. The number of aromatic nitrogens is 2. The normalized spacial score (nSPS) is 19.0. The molecule has 22 heavy (non-hydrogen) atoms. The molecule has 1 amide bonds. The zero-order valence-electron chi connectivity index (χ0n) is 14.0. The van der Waals surface area contributed by atoms with Gasteiger partial charge in [-0.1, -0.05) is 0 Å². The number of carbonyl (C=O) groups is 1. The van der Waals surface area contributed by atoms with Crippen LogP contribution in [0.4, 0.5) is 4.79 Å². The standard InChI is InChI=1S/C16H25N3O3/c1-11-9-17-14(21-5)18-13(11)12-7-6-8-19(10-12)15(20)22-16(2,3)4/h9,12H,6-8,10H2,1-5H3. The van der Waals surface area contributed by atoms with Crippen molar-refractivity contribution in [2.24, 2.45) is 0 Å². The van der Waals surface area contributed by atoms with E-state index in [1.54, 1.807) is 18.2 Å². The molecule has 0 spiro atoms. The number of amides is 1. The van der Waals surface area contributed by atoms with Crippen LogP contribution in [0.2, 0.25) is 0 Å². The molecule has 1 unspecified atom stereocenters. The van der Waals surface area contributed by atoms with E-state index in [0.717, 1.165) is 30.6 Å². The summed E-state index contributed by atoms with van der Waals surface area (Å²) in [5.41, 5.74) is 1.51. The summed E-state index contributed by atoms with van der Waals surface area (Å²) in [4.78, 5) is 22.6. The zero-order chi connectivity index (χ0) is 16.3. The minimum Gasteiger partial charge on any atom is -0.467 e. The Bertz CT molecular complexity index is 540. The lowest BCUT2D eigenvalue weighted by Gasteiger charge is -2.34. The fraction of sp³-hybridized carbons (Fsp3) is 0.688. The summed E-state index contributed by atoms with van der Waals surface area (Å²) in [6.07, 6.45) is 3.46. The van der Waals surface area contributed by atoms with Crippen LogP contribution in [0.3, 0.4) is 0 Å². The van der Waals surface area contributed by atoms with Crippen molar-refractivity contribution in [3.05, 3.63) is 17.5 Å². The van der Waals surface area contributed by atoms with Gasteiger partial charge in [0, 0.05) is 25.2 Å². The Labute approximate surface area is 131 Å². The van der Waals surface area contributed by atoms with E-state index in [-0.39, 0.29) is 12.0 Å². The Morgan fingerprint density at radius 3 is 2.77 bits per heavy atom. The molecule has 1 saturated heterocycles. The molecule has 6 heteroatoms. The molecular weight excluding hydrogens is 282 g/mol. The minimum atomic E-state index is -0.474. The largest absolute Gasteiger partial charge is 0.467 e. The second-order valence-corrected chi connectivity index (χ2v) is 6.69. The summed E-state index contributed by atoms with van der Waals surface area (Å²) in [6.45, 7) is 8.98. The average molecular weight is 307 g/mol. The zero-order valence-corrected chi connectivity index (χ0v) is 14.0. The first-order chi connectivity index (χ1) is 10.3. The van der Waals surface area contributed by atoms with Crippen molar-refractivity contribution in [2.45, 2.75) is 52.1 Å². The summed E-state index contributed by atoms with van der Waals surface area (Å²) < 4.78 is 10.6. The van der Waals surface area contributed by atoms with Gasteiger partial charge in [0.15, 0.2) is 0 Å². The third-order valence-corrected chi connectivity index (χ3v) is 3.63. The van der Waals surface area contributed by atoms with E-state index in [2.05, 4.69) is 9.97 Å². The van der Waals surface area contributed by atoms with Gasteiger partial charge in [-0.05, 0) is 46.1 Å². The number of rotatable bonds is 2. The van der Waals surface area contributed by atoms with Gasteiger partial charge in [0.1, 0.15) is 5.60 Å². The maximum Gasteiger partial charge on any atom is 0.410 e. The van der Waals surface area contributed by atoms with Crippen LogP contribution in [-0.4, -0.2) is 46.8 Å². The molecule has 1 aliphatic rings. The molecule has 0 N–H and O–H groups in total. The molecule has 6 nitrogen and oxygen atoms in total. The Morgan fingerprint density at radius 1 is 1.41 bits per heavy atom. The smallest absolute Gasteiger partial charge is 0.410 e. The second-order valence-electron chi connectivity index (χ2n) is 6.69. The maximum absolute atomic E-state index is 12.2. The molecule has 2 heterocycles. The molecule has 2 rings (SSSR count). The van der Waals surface area contributed by atoms with Crippen molar-refractivity contribution >= 4 is 6.09 Å². The van der Waals surface area contributed by atoms with Crippen LogP contribution in [0.15, 0.2) is 6.20 Å². The Balaban J connectivity index is 2.12. The Morgan fingerprint density at radius 2 is 2.14 bits per heavy atom. The van der Waals surface area contributed by atoms with E-state index >= 15 is 0 Å². The average Bonchev–Trinajstić information content (AvgIpc) is 2.46. The van der Waals surface area contributed by atoms with Crippen LogP contribution in [0.5, 0.6) is 6.01 Å². The van der Waals surface area contributed by atoms with Crippen molar-refractivity contribution < 1.29 is 14.3 Å². The minimum absolute atomic E-state index is 0.193. The highest BCUT2D eigenvalue weighted by Crippen LogP contribution is 2.29. The number of carbonyl (C=O) groups excluding carboxylic acids is 1. The molecule has 0 aliphatic carbocycles. The predicted molar refractivity (Wildman–Crippen MR) is 83.1 cm³/mol. The molecule has 0 bridgehead atoms. The molecule has 122 valence electrons. The third-order valence-electron chi connectivity index (χ3n) is 3.63. The van der Waals surface area contributed by atoms with E-state index in [1.165, 1.54) is 0 Å². The quantitative estimate of drug-likeness (QED) is 0.840. The van der Waals surface area contributed by atoms with Crippen molar-refractivity contribution in [1.29, 1.82) is 0 Å². The fourth-order valence-corrected chi connectivity index (χ4v) is 2.64. The van der Waals surface area contributed by atoms with Crippen LogP contribution in [0, 0.1) is 6.92 Å². The van der Waals surface area contributed by atoms with Crippen molar-refractivity contribution in [1.82, 2.24) is 14.9 Å². The number of hydrogen-bond donors (Lipinski definition) is 0. The first-order valence-corrected chi connectivity index (χ1v) is 7.65. The van der Waals surface area contributed by atoms with Gasteiger partial charge in [-0.3, -0.25) is 0 Å². The summed E-state index contributed by atoms with van der Waals surface area (Å²) in [6, 6.07) is 0.370. The van der Waals surface area contributed by atoms with Gasteiger partial charge >= 0.3 is 12.1 Å². The van der Waals surface area contributed by atoms with Crippen LogP contribution < -0.4 is 4.74 Å². The van der Waals surface area contributed by atoms with Gasteiger partial charge in [-0.2, -0.15) is 4.98 Å². The number of piperidine rings is 1. The third kappa shape index (κ3) is 4.08. The van der Waals surface area contributed by atoms with Gasteiger partial charge in [0.25, 0.3) is 0 Å². The van der Waals surface area contributed by atoms with Crippen molar-refractivity contribution in [3.63, 3.8) is 0 Å². The van der Waals surface area contributed by atoms with E-state index in [1.807, 2.05) is 27.7 Å². The van der Waals surface area contributed by atoms with Crippen LogP contribution in [0.1, 0.15) is 50.8 Å². The lowest BCUT2D eigenvalue weighted by Crippen LogP contribution is -2.42. The lowest BCUT2D eigenvalue weighted by atomic mass is 9.92. The van der Waals surface area contributed by atoms with E-state index in [0.29, 0.717) is 12.6 Å². The van der Waals surface area contributed by atoms with Crippen molar-refractivity contribution in [2.75, 3.05) is 20.2 Å². The molecule has 0 saturated carbocycles. The van der Waals surface area contributed by atoms with E-state index < -0.39 is 5.60 Å². The highest BCUT2D eigenvalue weighted by Gasteiger charge is 2.29. The van der Waals surface area contributed by atoms with Crippen LogP contribution in [-0.2, 0) is 4.74 Å². The molecule has 1 aromatic heterocycles. The molecule has 1 fully saturated rings. The molecule has 0 aromatic carbocycles. The van der Waals surface area contributed by atoms with Crippen LogP contribution in [0.25, 0.3) is 0 Å². The predicted octanol–water partition coefficient (Wildman–Crippen LogP) is 2.91. The Kier molecular flexibility index (Phi) is 4.88. The number of ether oxygens (including phenoxy) is 2. The topological polar surface area (TPSA) is 64.5 Å². The molecule has 1 aromatic rings. The van der Waals surface area contributed by atoms with Crippen LogP contribution >= 0.6 is 0 Å². The lowest BCUT2D eigenvalue weighted by molar-refractivity contribution is 0.0197. The molecule has 0 radical (unpaired) electrons. The van der Waals surface area contributed by atoms with Gasteiger partial charge in [0.05, 0.1) is 12.8 Å². The van der Waals surface area contributed by atoms with Crippen molar-refractivity contribution in [3.8, 4) is 6.01 Å². The summed E-state index contributed by atoms with van der Waals surface area (Å²) >= 11 is 0. The molecular formula is C16H25N3O3. The van der Waals surface area contributed by atoms with E-state index in [9.17, 15) is 4.79 Å². The maximum atomic E-state index is 12.2. The van der Waals surface area contributed by atoms with E-state index in [4.69, 9.17) is 9.47 Å². The first-order valence-electron chi connectivity index (χ1n) is 7.65. The molecule has 1 atom stereocenters. The molecule has 1 aliphatic heterocycles. The highest BCUT2D eigenvalue weighted by molar-refractivity contribution is 5.68. The SMILES string of the molecule is COc1ncc(C)c(C2CCCN(C(=O)OC(C)(C)C)C2)n1. The number of nitrogens with zero attached hydrogens (tertiary/aromatic N) is 3. The van der Waals surface area contributed by atoms with Gasteiger partial charge in [-0.15, -0.1) is 0 Å². The number of hydrogen-bond acceptors (Lipinski definition) is 5.